The van der Waals surface area contributed by atoms with Crippen molar-refractivity contribution in [1.29, 1.82) is 0 Å². The fourth-order valence-corrected chi connectivity index (χ4v) is 1.82. The summed E-state index contributed by atoms with van der Waals surface area (Å²) in [4.78, 5) is 17.2. The lowest BCUT2D eigenvalue weighted by molar-refractivity contribution is -0.0507. The summed E-state index contributed by atoms with van der Waals surface area (Å²) in [5, 5.41) is 4.08. The summed E-state index contributed by atoms with van der Waals surface area (Å²) in [6, 6.07) is 5.35. The molecule has 1 aliphatic carbocycles. The minimum atomic E-state index is -0.219. The Balaban J connectivity index is 1.77. The second kappa shape index (κ2) is 4.18. The van der Waals surface area contributed by atoms with Crippen molar-refractivity contribution >= 4 is 11.4 Å². The number of hydrogen-bond acceptors (Lipinski definition) is 3. The Morgan fingerprint density at radius 2 is 2.35 bits per heavy atom. The number of pyridine rings is 1. The van der Waals surface area contributed by atoms with Gasteiger partial charge in [0.15, 0.2) is 0 Å². The van der Waals surface area contributed by atoms with Crippen molar-refractivity contribution in [3.63, 3.8) is 0 Å². The van der Waals surface area contributed by atoms with Crippen molar-refractivity contribution in [2.75, 3.05) is 0 Å². The number of nitrogens with one attached hydrogen (secondary N) is 1. The van der Waals surface area contributed by atoms with Crippen molar-refractivity contribution in [3.8, 4) is 0 Å². The zero-order valence-electron chi connectivity index (χ0n) is 9.30. The van der Waals surface area contributed by atoms with Gasteiger partial charge in [-0.15, -0.1) is 0 Å². The van der Waals surface area contributed by atoms with Gasteiger partial charge in [-0.05, 0) is 37.5 Å². The number of hydroxylamine groups is 1. The molecule has 0 aromatic carbocycles. The predicted molar refractivity (Wildman–Crippen MR) is 61.4 cm³/mol. The smallest absolute Gasteiger partial charge is 0.270 e. The summed E-state index contributed by atoms with van der Waals surface area (Å²) in [5.74, 6) is -0.219. The van der Waals surface area contributed by atoms with Gasteiger partial charge in [0.05, 0.1) is 23.4 Å². The molecule has 2 aromatic heterocycles. The number of amides is 1. The van der Waals surface area contributed by atoms with Crippen molar-refractivity contribution in [1.82, 2.24) is 15.1 Å². The van der Waals surface area contributed by atoms with Crippen LogP contribution in [-0.2, 0) is 4.84 Å². The van der Waals surface area contributed by atoms with Gasteiger partial charge in [0.25, 0.3) is 5.91 Å². The van der Waals surface area contributed by atoms with Gasteiger partial charge in [-0.3, -0.25) is 9.63 Å². The molecule has 1 N–H and O–H groups in total. The average Bonchev–Trinajstić information content (AvgIpc) is 2.74. The first-order valence-corrected chi connectivity index (χ1v) is 5.73. The third kappa shape index (κ3) is 1.89. The third-order valence-corrected chi connectivity index (χ3v) is 3.05. The molecule has 5 nitrogen and oxygen atoms in total. The van der Waals surface area contributed by atoms with Gasteiger partial charge in [-0.25, -0.2) is 10.00 Å². The molecule has 2 heterocycles. The van der Waals surface area contributed by atoms with E-state index in [1.165, 1.54) is 6.42 Å². The van der Waals surface area contributed by atoms with E-state index < -0.39 is 0 Å². The van der Waals surface area contributed by atoms with Gasteiger partial charge in [-0.2, -0.15) is 5.10 Å². The highest BCUT2D eigenvalue weighted by Crippen LogP contribution is 2.21. The Hall–Kier alpha value is -1.88. The molecule has 1 fully saturated rings. The number of rotatable bonds is 3. The number of carbonyl (C=O) groups excluding carboxylic acids is 1. The molecule has 17 heavy (non-hydrogen) atoms. The fourth-order valence-electron chi connectivity index (χ4n) is 1.82. The van der Waals surface area contributed by atoms with Crippen LogP contribution in [0.25, 0.3) is 5.52 Å². The quantitative estimate of drug-likeness (QED) is 0.815. The normalized spacial score (nSPS) is 15.8. The summed E-state index contributed by atoms with van der Waals surface area (Å²) in [6.45, 7) is 0. The molecule has 1 saturated carbocycles. The molecule has 0 spiro atoms. The molecule has 2 aromatic rings. The van der Waals surface area contributed by atoms with Crippen LogP contribution in [0.15, 0.2) is 30.6 Å². The molecule has 0 unspecified atom stereocenters. The maximum absolute atomic E-state index is 11.9. The fraction of sp³-hybridized carbons (Fsp3) is 0.333. The van der Waals surface area contributed by atoms with E-state index in [9.17, 15) is 4.79 Å². The topological polar surface area (TPSA) is 55.6 Å². The standard InChI is InChI=1S/C12H13N3O2/c16-12(14-17-9-3-1-4-9)10-5-2-8-15-11(10)6-7-13-15/h2,5-9H,1,3-4H2,(H,14,16). The lowest BCUT2D eigenvalue weighted by atomic mass is 9.97. The Morgan fingerprint density at radius 3 is 3.12 bits per heavy atom. The summed E-state index contributed by atoms with van der Waals surface area (Å²) in [7, 11) is 0. The second-order valence-corrected chi connectivity index (χ2v) is 4.18. The van der Waals surface area contributed by atoms with Crippen molar-refractivity contribution in [2.45, 2.75) is 25.4 Å². The first-order chi connectivity index (χ1) is 8.34. The second-order valence-electron chi connectivity index (χ2n) is 4.18. The Labute approximate surface area is 98.3 Å². The van der Waals surface area contributed by atoms with E-state index in [-0.39, 0.29) is 12.0 Å². The number of fused-ring (bicyclic) bond motifs is 1. The third-order valence-electron chi connectivity index (χ3n) is 3.05. The van der Waals surface area contributed by atoms with Crippen molar-refractivity contribution in [2.24, 2.45) is 0 Å². The van der Waals surface area contributed by atoms with Gasteiger partial charge in [-0.1, -0.05) is 0 Å². The molecular formula is C12H13N3O2. The summed E-state index contributed by atoms with van der Waals surface area (Å²) < 4.78 is 1.66. The van der Waals surface area contributed by atoms with E-state index in [0.717, 1.165) is 18.4 Å². The monoisotopic (exact) mass is 231 g/mol. The van der Waals surface area contributed by atoms with Crippen LogP contribution in [-0.4, -0.2) is 21.6 Å². The Bertz CT molecular complexity index is 545. The molecule has 0 bridgehead atoms. The maximum Gasteiger partial charge on any atom is 0.277 e. The van der Waals surface area contributed by atoms with E-state index in [0.29, 0.717) is 5.56 Å². The van der Waals surface area contributed by atoms with E-state index in [1.54, 1.807) is 35.1 Å². The van der Waals surface area contributed by atoms with E-state index in [4.69, 9.17) is 4.84 Å². The van der Waals surface area contributed by atoms with Gasteiger partial charge < -0.3 is 0 Å². The van der Waals surface area contributed by atoms with Gasteiger partial charge in [0.1, 0.15) is 0 Å². The van der Waals surface area contributed by atoms with Crippen LogP contribution < -0.4 is 5.48 Å². The van der Waals surface area contributed by atoms with Gasteiger partial charge in [0.2, 0.25) is 0 Å². The molecule has 5 heteroatoms. The lowest BCUT2D eigenvalue weighted by Crippen LogP contribution is -2.33. The molecular weight excluding hydrogens is 218 g/mol. The number of nitrogens with zero attached hydrogens (tertiary/aromatic N) is 2. The van der Waals surface area contributed by atoms with E-state index in [1.807, 2.05) is 0 Å². The summed E-state index contributed by atoms with van der Waals surface area (Å²) in [6.07, 6.45) is 6.88. The van der Waals surface area contributed by atoms with Gasteiger partial charge >= 0.3 is 0 Å². The highest BCUT2D eigenvalue weighted by atomic mass is 16.7. The molecule has 88 valence electrons. The van der Waals surface area contributed by atoms with E-state index >= 15 is 0 Å². The Morgan fingerprint density at radius 1 is 1.47 bits per heavy atom. The molecule has 0 atom stereocenters. The minimum absolute atomic E-state index is 0.184. The minimum Gasteiger partial charge on any atom is -0.270 e. The summed E-state index contributed by atoms with van der Waals surface area (Å²) in [5.41, 5.74) is 3.86. The highest BCUT2D eigenvalue weighted by molar-refractivity contribution is 6.00. The zero-order chi connectivity index (χ0) is 11.7. The molecule has 0 aliphatic heterocycles. The van der Waals surface area contributed by atoms with E-state index in [2.05, 4.69) is 10.6 Å². The predicted octanol–water partition coefficient (Wildman–Crippen LogP) is 1.55. The first-order valence-electron chi connectivity index (χ1n) is 5.73. The molecule has 3 rings (SSSR count). The van der Waals surface area contributed by atoms with Crippen LogP contribution in [0.4, 0.5) is 0 Å². The SMILES string of the molecule is O=C(NOC1CCC1)c1cccn2nccc12. The van der Waals surface area contributed by atoms with Crippen LogP contribution in [0.5, 0.6) is 0 Å². The van der Waals surface area contributed by atoms with Crippen LogP contribution in [0.1, 0.15) is 29.6 Å². The van der Waals surface area contributed by atoms with Crippen LogP contribution in [0.3, 0.4) is 0 Å². The maximum atomic E-state index is 11.9. The number of aromatic nitrogens is 2. The molecule has 0 saturated heterocycles. The molecule has 1 amide bonds. The van der Waals surface area contributed by atoms with Crippen LogP contribution >= 0.6 is 0 Å². The Kier molecular flexibility index (Phi) is 2.53. The van der Waals surface area contributed by atoms with Crippen molar-refractivity contribution < 1.29 is 9.63 Å². The number of carbonyl (C=O) groups is 1. The first kappa shape index (κ1) is 10.3. The van der Waals surface area contributed by atoms with Gasteiger partial charge in [0, 0.05) is 6.20 Å². The van der Waals surface area contributed by atoms with Crippen LogP contribution in [0.2, 0.25) is 0 Å². The van der Waals surface area contributed by atoms with Crippen molar-refractivity contribution in [3.05, 3.63) is 36.2 Å². The largest absolute Gasteiger partial charge is 0.277 e. The molecule has 1 aliphatic rings. The van der Waals surface area contributed by atoms with Crippen LogP contribution in [0, 0.1) is 0 Å². The zero-order valence-corrected chi connectivity index (χ0v) is 9.30. The lowest BCUT2D eigenvalue weighted by Gasteiger charge is -2.24. The summed E-state index contributed by atoms with van der Waals surface area (Å²) >= 11 is 0. The average molecular weight is 231 g/mol. The number of hydrogen-bond donors (Lipinski definition) is 1. The highest BCUT2D eigenvalue weighted by Gasteiger charge is 2.20. The molecule has 0 radical (unpaired) electrons.